The number of unbranched alkanes of at least 4 members (excludes halogenated alkanes) is 1. The number of hydrogen-bond acceptors (Lipinski definition) is 3. The Morgan fingerprint density at radius 2 is 2.14 bits per heavy atom. The van der Waals surface area contributed by atoms with Gasteiger partial charge in [-0.25, -0.2) is 0 Å². The molecule has 1 fully saturated rings. The molecule has 0 saturated carbocycles. The number of guanidine groups is 1. The summed E-state index contributed by atoms with van der Waals surface area (Å²) in [6.07, 6.45) is 4.75. The number of ether oxygens (including phenoxy) is 2. The minimum absolute atomic E-state index is 0.676. The van der Waals surface area contributed by atoms with E-state index in [1.165, 1.54) is 12.8 Å². The maximum atomic E-state index is 5.46. The molecule has 21 heavy (non-hydrogen) atoms. The van der Waals surface area contributed by atoms with Crippen LogP contribution in [0, 0.1) is 5.92 Å². The monoisotopic (exact) mass is 299 g/mol. The molecule has 0 aromatic heterocycles. The van der Waals surface area contributed by atoms with Gasteiger partial charge in [-0.3, -0.25) is 4.99 Å². The van der Waals surface area contributed by atoms with Crippen molar-refractivity contribution < 1.29 is 9.47 Å². The van der Waals surface area contributed by atoms with Crippen molar-refractivity contribution in [3.8, 4) is 0 Å². The van der Waals surface area contributed by atoms with Crippen molar-refractivity contribution in [1.29, 1.82) is 0 Å². The van der Waals surface area contributed by atoms with Crippen molar-refractivity contribution >= 4 is 5.96 Å². The van der Waals surface area contributed by atoms with Crippen LogP contribution < -0.4 is 5.32 Å². The zero-order valence-electron chi connectivity index (χ0n) is 14.1. The molecular formula is C16H33N3O2. The van der Waals surface area contributed by atoms with Gasteiger partial charge in [0.25, 0.3) is 0 Å². The maximum Gasteiger partial charge on any atom is 0.193 e. The molecule has 0 aromatic carbocycles. The van der Waals surface area contributed by atoms with Crippen LogP contribution in [0.15, 0.2) is 4.99 Å². The Balaban J connectivity index is 2.21. The van der Waals surface area contributed by atoms with Crippen molar-refractivity contribution in [3.05, 3.63) is 0 Å². The average Bonchev–Trinajstić information content (AvgIpc) is 2.49. The smallest absolute Gasteiger partial charge is 0.193 e. The Labute approximate surface area is 130 Å². The maximum absolute atomic E-state index is 5.46. The first-order valence-corrected chi connectivity index (χ1v) is 8.37. The summed E-state index contributed by atoms with van der Waals surface area (Å²) in [5.74, 6) is 1.86. The molecule has 1 unspecified atom stereocenters. The van der Waals surface area contributed by atoms with E-state index >= 15 is 0 Å². The Morgan fingerprint density at radius 3 is 2.86 bits per heavy atom. The first-order valence-electron chi connectivity index (χ1n) is 8.37. The fourth-order valence-electron chi connectivity index (χ4n) is 2.55. The number of methoxy groups -OCH3 is 1. The molecular weight excluding hydrogens is 266 g/mol. The predicted octanol–water partition coefficient (Wildman–Crippen LogP) is 2.13. The summed E-state index contributed by atoms with van der Waals surface area (Å²) in [5.41, 5.74) is 0. The standard InChI is InChI=1S/C16H33N3O2/c1-4-17-16(19-10-7-8-15(2)14-19)18-9-5-6-11-21-13-12-20-3/h15H,4-14H2,1-3H3,(H,17,18). The van der Waals surface area contributed by atoms with E-state index in [9.17, 15) is 0 Å². The molecule has 0 radical (unpaired) electrons. The van der Waals surface area contributed by atoms with E-state index < -0.39 is 0 Å². The van der Waals surface area contributed by atoms with Crippen LogP contribution in [0.3, 0.4) is 0 Å². The lowest BCUT2D eigenvalue weighted by Crippen LogP contribution is -2.46. The predicted molar refractivity (Wildman–Crippen MR) is 87.9 cm³/mol. The van der Waals surface area contributed by atoms with Crippen LogP contribution in [-0.2, 0) is 9.47 Å². The van der Waals surface area contributed by atoms with E-state index in [0.717, 1.165) is 57.5 Å². The highest BCUT2D eigenvalue weighted by Gasteiger charge is 2.18. The highest BCUT2D eigenvalue weighted by Crippen LogP contribution is 2.15. The average molecular weight is 299 g/mol. The second-order valence-electron chi connectivity index (χ2n) is 5.74. The van der Waals surface area contributed by atoms with Gasteiger partial charge in [-0.05, 0) is 38.5 Å². The molecule has 0 bridgehead atoms. The molecule has 5 heteroatoms. The first kappa shape index (κ1) is 18.2. The minimum atomic E-state index is 0.676. The Hall–Kier alpha value is -0.810. The molecule has 0 aliphatic carbocycles. The second-order valence-corrected chi connectivity index (χ2v) is 5.74. The van der Waals surface area contributed by atoms with Crippen LogP contribution in [0.4, 0.5) is 0 Å². The van der Waals surface area contributed by atoms with Gasteiger partial charge in [0.15, 0.2) is 5.96 Å². The molecule has 0 spiro atoms. The van der Waals surface area contributed by atoms with Gasteiger partial charge in [-0.1, -0.05) is 6.92 Å². The highest BCUT2D eigenvalue weighted by molar-refractivity contribution is 5.80. The lowest BCUT2D eigenvalue weighted by atomic mass is 10.0. The number of nitrogens with one attached hydrogen (secondary N) is 1. The molecule has 124 valence electrons. The Bertz CT molecular complexity index is 285. The number of piperidine rings is 1. The normalized spacial score (nSPS) is 19.9. The molecule has 1 atom stereocenters. The number of aliphatic imine (C=N–C) groups is 1. The first-order chi connectivity index (χ1) is 10.3. The third-order valence-corrected chi connectivity index (χ3v) is 3.68. The molecule has 1 N–H and O–H groups in total. The van der Waals surface area contributed by atoms with Crippen LogP contribution in [0.1, 0.15) is 39.5 Å². The fraction of sp³-hybridized carbons (Fsp3) is 0.938. The van der Waals surface area contributed by atoms with Gasteiger partial charge in [0.1, 0.15) is 0 Å². The quantitative estimate of drug-likeness (QED) is 0.402. The number of nitrogens with zero attached hydrogens (tertiary/aromatic N) is 2. The van der Waals surface area contributed by atoms with Crippen molar-refractivity contribution in [3.63, 3.8) is 0 Å². The van der Waals surface area contributed by atoms with Gasteiger partial charge in [0, 0.05) is 39.9 Å². The molecule has 1 aliphatic rings. The van der Waals surface area contributed by atoms with Gasteiger partial charge in [0.05, 0.1) is 13.2 Å². The van der Waals surface area contributed by atoms with Crippen molar-refractivity contribution in [2.45, 2.75) is 39.5 Å². The molecule has 1 rings (SSSR count). The van der Waals surface area contributed by atoms with Crippen molar-refractivity contribution in [2.75, 3.05) is 53.1 Å². The van der Waals surface area contributed by atoms with Crippen LogP contribution >= 0.6 is 0 Å². The third-order valence-electron chi connectivity index (χ3n) is 3.68. The molecule has 0 aromatic rings. The third kappa shape index (κ3) is 8.27. The summed E-state index contributed by atoms with van der Waals surface area (Å²) < 4.78 is 10.4. The number of likely N-dealkylation sites (tertiary alicyclic amines) is 1. The Morgan fingerprint density at radius 1 is 1.29 bits per heavy atom. The summed E-state index contributed by atoms with van der Waals surface area (Å²) in [6.45, 7) is 10.7. The number of hydrogen-bond donors (Lipinski definition) is 1. The van der Waals surface area contributed by atoms with Gasteiger partial charge in [-0.2, -0.15) is 0 Å². The van der Waals surface area contributed by atoms with Crippen LogP contribution in [0.25, 0.3) is 0 Å². The van der Waals surface area contributed by atoms with E-state index in [2.05, 4.69) is 24.1 Å². The van der Waals surface area contributed by atoms with Gasteiger partial charge in [0.2, 0.25) is 0 Å². The zero-order valence-corrected chi connectivity index (χ0v) is 14.1. The lowest BCUT2D eigenvalue weighted by molar-refractivity contribution is 0.0690. The van der Waals surface area contributed by atoms with E-state index in [-0.39, 0.29) is 0 Å². The second kappa shape index (κ2) is 11.8. The van der Waals surface area contributed by atoms with E-state index in [1.54, 1.807) is 7.11 Å². The van der Waals surface area contributed by atoms with Gasteiger partial charge in [-0.15, -0.1) is 0 Å². The van der Waals surface area contributed by atoms with E-state index in [4.69, 9.17) is 14.5 Å². The van der Waals surface area contributed by atoms with Gasteiger partial charge >= 0.3 is 0 Å². The molecule has 1 saturated heterocycles. The largest absolute Gasteiger partial charge is 0.382 e. The summed E-state index contributed by atoms with van der Waals surface area (Å²) in [5, 5.41) is 3.42. The number of rotatable bonds is 9. The highest BCUT2D eigenvalue weighted by atomic mass is 16.5. The van der Waals surface area contributed by atoms with Crippen LogP contribution in [-0.4, -0.2) is 64.0 Å². The molecule has 1 heterocycles. The zero-order chi connectivity index (χ0) is 15.3. The van der Waals surface area contributed by atoms with Crippen LogP contribution in [0.5, 0.6) is 0 Å². The van der Waals surface area contributed by atoms with E-state index in [1.807, 2.05) is 0 Å². The summed E-state index contributed by atoms with van der Waals surface area (Å²) in [6, 6.07) is 0. The van der Waals surface area contributed by atoms with Crippen molar-refractivity contribution in [1.82, 2.24) is 10.2 Å². The summed E-state index contributed by atoms with van der Waals surface area (Å²) in [4.78, 5) is 7.17. The molecule has 1 aliphatic heterocycles. The topological polar surface area (TPSA) is 46.1 Å². The van der Waals surface area contributed by atoms with Gasteiger partial charge < -0.3 is 19.7 Å². The minimum Gasteiger partial charge on any atom is -0.382 e. The SMILES string of the molecule is CCNC(=NCCCCOCCOC)N1CCCC(C)C1. The lowest BCUT2D eigenvalue weighted by Gasteiger charge is -2.33. The molecule has 0 amide bonds. The van der Waals surface area contributed by atoms with Crippen molar-refractivity contribution in [2.24, 2.45) is 10.9 Å². The Kier molecular flexibility index (Phi) is 10.3. The van der Waals surface area contributed by atoms with E-state index in [0.29, 0.717) is 13.2 Å². The molecule has 5 nitrogen and oxygen atoms in total. The summed E-state index contributed by atoms with van der Waals surface area (Å²) in [7, 11) is 1.70. The fourth-order valence-corrected chi connectivity index (χ4v) is 2.55. The summed E-state index contributed by atoms with van der Waals surface area (Å²) >= 11 is 0. The van der Waals surface area contributed by atoms with Crippen LogP contribution in [0.2, 0.25) is 0 Å².